The molecular weight excluding hydrogens is 754 g/mol. The van der Waals surface area contributed by atoms with E-state index in [9.17, 15) is 28.8 Å². The summed E-state index contributed by atoms with van der Waals surface area (Å²) in [7, 11) is -9.44. The van der Waals surface area contributed by atoms with Gasteiger partial charge in [0.25, 0.3) is 5.91 Å². The van der Waals surface area contributed by atoms with Gasteiger partial charge in [0.1, 0.15) is 17.2 Å². The smallest absolute Gasteiger partial charge is 0.506 e. The van der Waals surface area contributed by atoms with Crippen LogP contribution in [0.2, 0.25) is 0 Å². The van der Waals surface area contributed by atoms with E-state index in [0.29, 0.717) is 11.1 Å². The molecule has 56 heavy (non-hydrogen) atoms. The number of hydrogen-bond donors (Lipinski definition) is 4. The van der Waals surface area contributed by atoms with E-state index >= 15 is 0 Å². The van der Waals surface area contributed by atoms with Crippen LogP contribution in [0.25, 0.3) is 0 Å². The molecule has 4 aromatic carbocycles. The number of fused-ring (bicyclic) bond motifs is 2. The molecule has 1 heterocycles. The summed E-state index contributed by atoms with van der Waals surface area (Å²) >= 11 is 0. The first-order chi connectivity index (χ1) is 26.7. The van der Waals surface area contributed by atoms with Crippen LogP contribution in [0.15, 0.2) is 126 Å². The number of allylic oxidation sites excluding steroid dienone is 5. The zero-order valence-corrected chi connectivity index (χ0v) is 33.7. The molecule has 0 spiro atoms. The third kappa shape index (κ3) is 12.3. The molecule has 4 N–H and O–H groups in total. The minimum atomic E-state index is -4.72. The fourth-order valence-corrected chi connectivity index (χ4v) is 7.32. The first-order valence-electron chi connectivity index (χ1n) is 18.1. The van der Waals surface area contributed by atoms with Crippen LogP contribution in [0.3, 0.4) is 0 Å². The van der Waals surface area contributed by atoms with E-state index in [1.165, 1.54) is 40.3 Å². The van der Waals surface area contributed by atoms with Crippen LogP contribution in [0.5, 0.6) is 17.2 Å². The maximum Gasteiger partial charge on any atom is 0.527 e. The second-order valence-corrected chi connectivity index (χ2v) is 16.4. The first-order valence-corrected chi connectivity index (χ1v) is 21.1. The van der Waals surface area contributed by atoms with Gasteiger partial charge in [0.05, 0.1) is 30.2 Å². The standard InChI is InChI=1S/C42H48N2O10P2/c1-30(2)14-11-15-31(3)16-12-17-32(4)24-25-44-37-26-35(53-55(47,48)51-28-33-18-7-5-8-19-33)27-38(45)41(37)43-40-36(42(44)46)22-13-23-39(40)54-56(49,50)52-29-34-20-9-6-10-21-34/h5-10,13-14,16,18-24,26-27,43,45H,11-12,15,17,25,28-29H2,1-4H3,(H,47,48)(H,49,50)/b31-16+,32-24+. The Morgan fingerprint density at radius 2 is 1.29 bits per heavy atom. The Morgan fingerprint density at radius 1 is 0.714 bits per heavy atom. The summed E-state index contributed by atoms with van der Waals surface area (Å²) in [5.41, 5.74) is 5.04. The van der Waals surface area contributed by atoms with Gasteiger partial charge in [-0.2, -0.15) is 0 Å². The molecule has 0 aromatic heterocycles. The van der Waals surface area contributed by atoms with E-state index in [4.69, 9.17) is 18.1 Å². The lowest BCUT2D eigenvalue weighted by Crippen LogP contribution is -2.30. The number of aromatic hydroxyl groups is 1. The van der Waals surface area contributed by atoms with Gasteiger partial charge in [0, 0.05) is 18.7 Å². The number of anilines is 3. The van der Waals surface area contributed by atoms with E-state index in [-0.39, 0.29) is 53.9 Å². The number of carbonyl (C=O) groups is 1. The van der Waals surface area contributed by atoms with Crippen molar-refractivity contribution in [3.05, 3.63) is 143 Å². The first kappa shape index (κ1) is 42.2. The van der Waals surface area contributed by atoms with Crippen molar-refractivity contribution in [2.45, 2.75) is 66.6 Å². The molecule has 0 saturated carbocycles. The highest BCUT2D eigenvalue weighted by Gasteiger charge is 2.34. The maximum absolute atomic E-state index is 14.4. The van der Waals surface area contributed by atoms with Crippen LogP contribution < -0.4 is 19.3 Å². The van der Waals surface area contributed by atoms with Gasteiger partial charge in [-0.25, -0.2) is 9.13 Å². The van der Waals surface area contributed by atoms with Crippen molar-refractivity contribution in [1.82, 2.24) is 0 Å². The molecule has 0 bridgehead atoms. The Morgan fingerprint density at radius 3 is 1.89 bits per heavy atom. The molecule has 14 heteroatoms. The SMILES string of the molecule is CC(C)=CCC/C(C)=C/CC/C(C)=C/CN1C(=O)c2cccc(OP(=O)(O)OCc3ccccc3)c2Nc2c(O)cc(OP(=O)(O)OCc3ccccc3)cc21. The van der Waals surface area contributed by atoms with E-state index in [0.717, 1.165) is 37.3 Å². The minimum absolute atomic E-state index is 0.00347. The number of hydrogen-bond acceptors (Lipinski definition) is 9. The molecule has 0 fully saturated rings. The number of phosphoric acid groups is 2. The molecule has 0 aliphatic carbocycles. The fourth-order valence-electron chi connectivity index (χ4n) is 5.81. The summed E-state index contributed by atoms with van der Waals surface area (Å²) in [5.74, 6) is -1.44. The lowest BCUT2D eigenvalue weighted by molar-refractivity contribution is 0.0990. The van der Waals surface area contributed by atoms with Crippen molar-refractivity contribution in [2.24, 2.45) is 0 Å². The Labute approximate surface area is 328 Å². The van der Waals surface area contributed by atoms with Crippen molar-refractivity contribution in [3.63, 3.8) is 0 Å². The van der Waals surface area contributed by atoms with Gasteiger partial charge in [0.2, 0.25) is 0 Å². The monoisotopic (exact) mass is 802 g/mol. The molecule has 2 unspecified atom stereocenters. The van der Waals surface area contributed by atoms with Crippen LogP contribution in [0.4, 0.5) is 17.1 Å². The van der Waals surface area contributed by atoms with Crippen molar-refractivity contribution < 1.29 is 46.9 Å². The second kappa shape index (κ2) is 19.3. The van der Waals surface area contributed by atoms with Crippen LogP contribution in [-0.2, 0) is 31.4 Å². The van der Waals surface area contributed by atoms with Crippen molar-refractivity contribution in [3.8, 4) is 17.2 Å². The minimum Gasteiger partial charge on any atom is -0.506 e. The van der Waals surface area contributed by atoms with Crippen molar-refractivity contribution >= 4 is 38.6 Å². The molecule has 4 aromatic rings. The van der Waals surface area contributed by atoms with Gasteiger partial charge >= 0.3 is 15.6 Å². The highest BCUT2D eigenvalue weighted by Crippen LogP contribution is 2.53. The quantitative estimate of drug-likeness (QED) is 0.0430. The van der Waals surface area contributed by atoms with Crippen LogP contribution in [-0.4, -0.2) is 27.3 Å². The molecule has 2 atom stereocenters. The van der Waals surface area contributed by atoms with E-state index in [1.807, 2.05) is 13.0 Å². The topological polar surface area (TPSA) is 164 Å². The predicted octanol–water partition coefficient (Wildman–Crippen LogP) is 10.9. The average molecular weight is 803 g/mol. The normalized spacial score (nSPS) is 15.0. The van der Waals surface area contributed by atoms with Crippen molar-refractivity contribution in [2.75, 3.05) is 16.8 Å². The number of para-hydroxylation sites is 1. The summed E-state index contributed by atoms with van der Waals surface area (Å²) in [4.78, 5) is 37.1. The van der Waals surface area contributed by atoms with Gasteiger partial charge in [0.15, 0.2) is 5.75 Å². The molecular formula is C42H48N2O10P2. The largest absolute Gasteiger partial charge is 0.527 e. The predicted molar refractivity (Wildman–Crippen MR) is 218 cm³/mol. The van der Waals surface area contributed by atoms with Gasteiger partial charge < -0.3 is 24.4 Å². The molecule has 0 saturated heterocycles. The number of phenols is 1. The number of nitrogens with zero attached hydrogens (tertiary/aromatic N) is 1. The number of nitrogens with one attached hydrogen (secondary N) is 1. The highest BCUT2D eigenvalue weighted by atomic mass is 31.2. The third-order valence-electron chi connectivity index (χ3n) is 8.77. The summed E-state index contributed by atoms with van der Waals surface area (Å²) in [6.07, 6.45) is 9.82. The number of phenolic OH excluding ortho intramolecular Hbond substituents is 1. The molecule has 5 rings (SSSR count). The van der Waals surface area contributed by atoms with E-state index < -0.39 is 27.3 Å². The Hall–Kier alpha value is -4.93. The number of amides is 1. The van der Waals surface area contributed by atoms with Crippen LogP contribution >= 0.6 is 15.6 Å². The number of rotatable bonds is 18. The number of phosphoric ester groups is 2. The molecule has 1 aliphatic heterocycles. The zero-order valence-electron chi connectivity index (χ0n) is 31.9. The summed E-state index contributed by atoms with van der Waals surface area (Å²) in [6.45, 7) is 7.86. The van der Waals surface area contributed by atoms with Crippen LogP contribution in [0, 0.1) is 0 Å². The average Bonchev–Trinajstić information content (AvgIpc) is 3.27. The second-order valence-electron chi connectivity index (χ2n) is 13.7. The number of carbonyl (C=O) groups excluding carboxylic acids is 1. The fraction of sp³-hybridized carbons (Fsp3) is 0.262. The summed E-state index contributed by atoms with van der Waals surface area (Å²) < 4.78 is 47.6. The maximum atomic E-state index is 14.4. The molecule has 1 amide bonds. The Bertz CT molecular complexity index is 2180. The summed E-state index contributed by atoms with van der Waals surface area (Å²) in [5, 5.41) is 14.4. The van der Waals surface area contributed by atoms with Gasteiger partial charge in [-0.15, -0.1) is 0 Å². The molecule has 0 radical (unpaired) electrons. The molecule has 12 nitrogen and oxygen atoms in total. The lowest BCUT2D eigenvalue weighted by Gasteiger charge is -2.23. The Balaban J connectivity index is 1.44. The van der Waals surface area contributed by atoms with E-state index in [2.05, 4.69) is 38.2 Å². The molecule has 296 valence electrons. The van der Waals surface area contributed by atoms with Crippen molar-refractivity contribution in [1.29, 1.82) is 0 Å². The third-order valence-corrected chi connectivity index (χ3v) is 10.5. The van der Waals surface area contributed by atoms with Crippen LogP contribution in [0.1, 0.15) is 74.9 Å². The zero-order chi connectivity index (χ0) is 40.3. The highest BCUT2D eigenvalue weighted by molar-refractivity contribution is 7.48. The lowest BCUT2D eigenvalue weighted by atomic mass is 10.1. The summed E-state index contributed by atoms with van der Waals surface area (Å²) in [6, 6.07) is 24.4. The number of benzene rings is 4. The van der Waals surface area contributed by atoms with E-state index in [1.54, 1.807) is 60.7 Å². The van der Waals surface area contributed by atoms with Gasteiger partial charge in [-0.3, -0.25) is 23.6 Å². The van der Waals surface area contributed by atoms with Gasteiger partial charge in [-0.05, 0) is 76.6 Å². The Kier molecular flexibility index (Phi) is 14.5. The molecule has 1 aliphatic rings. The van der Waals surface area contributed by atoms with Gasteiger partial charge in [-0.1, -0.05) is 102 Å².